The highest BCUT2D eigenvalue weighted by Crippen LogP contribution is 2.27. The number of nitrogens with zero attached hydrogens (tertiary/aromatic N) is 3. The van der Waals surface area contributed by atoms with Crippen LogP contribution in [0.3, 0.4) is 0 Å². The fourth-order valence-electron chi connectivity index (χ4n) is 4.14. The van der Waals surface area contributed by atoms with E-state index in [0.29, 0.717) is 12.3 Å². The van der Waals surface area contributed by atoms with E-state index in [4.69, 9.17) is 4.52 Å². The zero-order valence-corrected chi connectivity index (χ0v) is 18.9. The normalized spacial score (nSPS) is 13.6. The van der Waals surface area contributed by atoms with Gasteiger partial charge >= 0.3 is 0 Å². The van der Waals surface area contributed by atoms with Crippen molar-refractivity contribution < 1.29 is 19.0 Å². The fourth-order valence-corrected chi connectivity index (χ4v) is 4.14. The molecule has 176 valence electrons. The van der Waals surface area contributed by atoms with Gasteiger partial charge in [-0.05, 0) is 31.4 Å². The standard InChI is InChI=1S/C25H26N4O5/c1-17-9-11-18(12-10-17)15-26-24(30)23-14-22(34-27-23)16-28(20-6-2-3-7-20)25(31)19-5-4-8-21(13-19)29(32)33/h4-5,8-14,20H,2-3,6-7,15-16H2,1H3,(H,26,30). The number of carbonyl (C=O) groups excluding carboxylic acids is 2. The number of nitrogens with one attached hydrogen (secondary N) is 1. The van der Waals surface area contributed by atoms with E-state index in [0.717, 1.165) is 36.8 Å². The van der Waals surface area contributed by atoms with Crippen LogP contribution in [-0.4, -0.2) is 32.8 Å². The third-order valence-corrected chi connectivity index (χ3v) is 6.02. The highest BCUT2D eigenvalue weighted by Gasteiger charge is 2.29. The van der Waals surface area contributed by atoms with E-state index in [1.54, 1.807) is 11.0 Å². The summed E-state index contributed by atoms with van der Waals surface area (Å²) in [7, 11) is 0. The van der Waals surface area contributed by atoms with Crippen LogP contribution in [-0.2, 0) is 13.1 Å². The number of rotatable bonds is 8. The van der Waals surface area contributed by atoms with Crippen LogP contribution in [0.4, 0.5) is 5.69 Å². The molecular formula is C25H26N4O5. The van der Waals surface area contributed by atoms with Gasteiger partial charge in [0.1, 0.15) is 0 Å². The van der Waals surface area contributed by atoms with Crippen LogP contribution in [0.25, 0.3) is 0 Å². The molecule has 3 aromatic rings. The lowest BCUT2D eigenvalue weighted by atomic mass is 10.1. The molecule has 2 amide bonds. The fraction of sp³-hybridized carbons (Fsp3) is 0.320. The summed E-state index contributed by atoms with van der Waals surface area (Å²) in [6.07, 6.45) is 3.70. The molecular weight excluding hydrogens is 436 g/mol. The molecule has 1 aliphatic carbocycles. The topological polar surface area (TPSA) is 119 Å². The van der Waals surface area contributed by atoms with Crippen molar-refractivity contribution in [2.24, 2.45) is 0 Å². The first kappa shape index (κ1) is 23.2. The van der Waals surface area contributed by atoms with E-state index in [1.807, 2.05) is 31.2 Å². The molecule has 1 N–H and O–H groups in total. The molecule has 0 bridgehead atoms. The van der Waals surface area contributed by atoms with Crippen LogP contribution < -0.4 is 5.32 Å². The minimum absolute atomic E-state index is 0.00400. The molecule has 0 atom stereocenters. The number of aryl methyl sites for hydroxylation is 1. The summed E-state index contributed by atoms with van der Waals surface area (Å²) < 4.78 is 5.38. The third-order valence-electron chi connectivity index (χ3n) is 6.02. The van der Waals surface area contributed by atoms with Crippen LogP contribution in [0.2, 0.25) is 0 Å². The summed E-state index contributed by atoms with van der Waals surface area (Å²) in [5.41, 5.74) is 2.36. The molecule has 34 heavy (non-hydrogen) atoms. The second kappa shape index (κ2) is 10.3. The molecule has 0 saturated heterocycles. The molecule has 1 fully saturated rings. The van der Waals surface area contributed by atoms with E-state index in [1.165, 1.54) is 24.3 Å². The van der Waals surface area contributed by atoms with Gasteiger partial charge < -0.3 is 14.7 Å². The number of hydrogen-bond donors (Lipinski definition) is 1. The Morgan fingerprint density at radius 1 is 1.15 bits per heavy atom. The molecule has 4 rings (SSSR count). The summed E-state index contributed by atoms with van der Waals surface area (Å²) in [4.78, 5) is 38.1. The zero-order valence-electron chi connectivity index (χ0n) is 18.9. The lowest BCUT2D eigenvalue weighted by Crippen LogP contribution is -2.38. The highest BCUT2D eigenvalue weighted by atomic mass is 16.6. The van der Waals surface area contributed by atoms with Gasteiger partial charge in [-0.1, -0.05) is 53.9 Å². The van der Waals surface area contributed by atoms with Crippen molar-refractivity contribution in [1.82, 2.24) is 15.4 Å². The van der Waals surface area contributed by atoms with Gasteiger partial charge in [-0.25, -0.2) is 0 Å². The molecule has 0 radical (unpaired) electrons. The second-order valence-corrected chi connectivity index (χ2v) is 8.53. The lowest BCUT2D eigenvalue weighted by Gasteiger charge is -2.28. The molecule has 2 aromatic carbocycles. The Hall–Kier alpha value is -4.01. The van der Waals surface area contributed by atoms with Crippen molar-refractivity contribution in [3.05, 3.63) is 92.9 Å². The predicted octanol–water partition coefficient (Wildman–Crippen LogP) is 4.41. The predicted molar refractivity (Wildman–Crippen MR) is 124 cm³/mol. The summed E-state index contributed by atoms with van der Waals surface area (Å²) >= 11 is 0. The maximum absolute atomic E-state index is 13.3. The summed E-state index contributed by atoms with van der Waals surface area (Å²) in [6, 6.07) is 15.1. The average molecular weight is 463 g/mol. The lowest BCUT2D eigenvalue weighted by molar-refractivity contribution is -0.384. The molecule has 1 heterocycles. The Morgan fingerprint density at radius 3 is 2.59 bits per heavy atom. The van der Waals surface area contributed by atoms with Crippen molar-refractivity contribution in [1.29, 1.82) is 0 Å². The van der Waals surface area contributed by atoms with Gasteiger partial charge in [-0.15, -0.1) is 0 Å². The van der Waals surface area contributed by atoms with Crippen LogP contribution >= 0.6 is 0 Å². The quantitative estimate of drug-likeness (QED) is 0.391. The van der Waals surface area contributed by atoms with E-state index < -0.39 is 4.92 Å². The first-order valence-electron chi connectivity index (χ1n) is 11.3. The van der Waals surface area contributed by atoms with Gasteiger partial charge in [-0.2, -0.15) is 0 Å². The molecule has 9 heteroatoms. The number of carbonyl (C=O) groups is 2. The number of non-ortho nitro benzene ring substituents is 1. The highest BCUT2D eigenvalue weighted by molar-refractivity contribution is 5.95. The van der Waals surface area contributed by atoms with Crippen molar-refractivity contribution >= 4 is 17.5 Å². The first-order valence-corrected chi connectivity index (χ1v) is 11.3. The van der Waals surface area contributed by atoms with Crippen LogP contribution in [0.15, 0.2) is 59.1 Å². The number of nitro benzene ring substituents is 1. The van der Waals surface area contributed by atoms with E-state index in [2.05, 4.69) is 10.5 Å². The van der Waals surface area contributed by atoms with Crippen molar-refractivity contribution in [2.45, 2.75) is 51.7 Å². The molecule has 1 saturated carbocycles. The molecule has 0 aliphatic heterocycles. The van der Waals surface area contributed by atoms with E-state index >= 15 is 0 Å². The Balaban J connectivity index is 1.46. The number of amides is 2. The van der Waals surface area contributed by atoms with Crippen LogP contribution in [0.1, 0.15) is 63.4 Å². The van der Waals surface area contributed by atoms with Gasteiger partial charge in [0, 0.05) is 36.3 Å². The number of hydrogen-bond acceptors (Lipinski definition) is 6. The third kappa shape index (κ3) is 5.48. The molecule has 0 spiro atoms. The Labute approximate surface area is 196 Å². The number of nitro groups is 1. The van der Waals surface area contributed by atoms with Crippen molar-refractivity contribution in [3.8, 4) is 0 Å². The first-order chi connectivity index (χ1) is 16.4. The molecule has 0 unspecified atom stereocenters. The smallest absolute Gasteiger partial charge is 0.273 e. The summed E-state index contributed by atoms with van der Waals surface area (Å²) in [6.45, 7) is 2.49. The summed E-state index contributed by atoms with van der Waals surface area (Å²) in [5.74, 6) is -0.295. The van der Waals surface area contributed by atoms with E-state index in [9.17, 15) is 19.7 Å². The zero-order chi connectivity index (χ0) is 24.1. The van der Waals surface area contributed by atoms with Crippen LogP contribution in [0, 0.1) is 17.0 Å². The average Bonchev–Trinajstić information content (AvgIpc) is 3.54. The minimum atomic E-state index is -0.519. The van der Waals surface area contributed by atoms with Crippen molar-refractivity contribution in [2.75, 3.05) is 0 Å². The molecule has 9 nitrogen and oxygen atoms in total. The monoisotopic (exact) mass is 462 g/mol. The minimum Gasteiger partial charge on any atom is -0.359 e. The summed E-state index contributed by atoms with van der Waals surface area (Å²) in [5, 5.41) is 17.8. The van der Waals surface area contributed by atoms with Gasteiger partial charge in [0.15, 0.2) is 11.5 Å². The maximum Gasteiger partial charge on any atom is 0.273 e. The SMILES string of the molecule is Cc1ccc(CNC(=O)c2cc(CN(C(=O)c3cccc([N+](=O)[O-])c3)C3CCCC3)on2)cc1. The largest absolute Gasteiger partial charge is 0.359 e. The van der Waals surface area contributed by atoms with Gasteiger partial charge in [0.2, 0.25) is 0 Å². The van der Waals surface area contributed by atoms with E-state index in [-0.39, 0.29) is 41.3 Å². The number of aromatic nitrogens is 1. The number of benzene rings is 2. The Kier molecular flexibility index (Phi) is 7.01. The molecule has 1 aromatic heterocycles. The van der Waals surface area contributed by atoms with Gasteiger partial charge in [0.25, 0.3) is 17.5 Å². The second-order valence-electron chi connectivity index (χ2n) is 8.53. The van der Waals surface area contributed by atoms with Gasteiger partial charge in [0.05, 0.1) is 11.5 Å². The van der Waals surface area contributed by atoms with Crippen LogP contribution in [0.5, 0.6) is 0 Å². The van der Waals surface area contributed by atoms with Gasteiger partial charge in [-0.3, -0.25) is 19.7 Å². The Bertz CT molecular complexity index is 1180. The Morgan fingerprint density at radius 2 is 1.88 bits per heavy atom. The maximum atomic E-state index is 13.3. The van der Waals surface area contributed by atoms with Crippen molar-refractivity contribution in [3.63, 3.8) is 0 Å². The molecule has 1 aliphatic rings.